The lowest BCUT2D eigenvalue weighted by atomic mass is 9.70. The second-order valence-corrected chi connectivity index (χ2v) is 11.8. The van der Waals surface area contributed by atoms with Crippen molar-refractivity contribution in [2.45, 2.75) is 91.6 Å². The maximum atomic E-state index is 12.5. The second kappa shape index (κ2) is 15.3. The standard InChI is InChI=1S/C33H39ClO11/c1-16-12-24(17(2)35)9-8-23(16)13-26-14-25(10-11-28(26)34)29-30(42-19(4)37)27(15-41-18(3)36)31(43-20(5)38)33(45-22(7)40)32(29)44-21(6)39/h8-11,14,16,27,29-33H,12-13,15H2,1-7H3/t16?,27-,29+,30-,31+,32-,33-/m0/s1. The number of ketones is 1. The molecule has 1 unspecified atom stereocenters. The molecule has 0 aliphatic heterocycles. The van der Waals surface area contributed by atoms with Gasteiger partial charge in [0.15, 0.2) is 24.1 Å². The summed E-state index contributed by atoms with van der Waals surface area (Å²) in [5, 5.41) is 0.447. The maximum absolute atomic E-state index is 12.5. The van der Waals surface area contributed by atoms with Crippen molar-refractivity contribution >= 4 is 47.2 Å². The highest BCUT2D eigenvalue weighted by Gasteiger charge is 2.58. The molecule has 0 heterocycles. The lowest BCUT2D eigenvalue weighted by Crippen LogP contribution is -2.62. The molecule has 1 saturated carbocycles. The lowest BCUT2D eigenvalue weighted by Gasteiger charge is -2.48. The van der Waals surface area contributed by atoms with Gasteiger partial charge in [0.2, 0.25) is 0 Å². The van der Waals surface area contributed by atoms with Gasteiger partial charge in [-0.1, -0.05) is 48.4 Å². The van der Waals surface area contributed by atoms with E-state index in [9.17, 15) is 28.8 Å². The van der Waals surface area contributed by atoms with Crippen molar-refractivity contribution in [2.75, 3.05) is 6.61 Å². The molecule has 2 aliphatic carbocycles. The van der Waals surface area contributed by atoms with Crippen molar-refractivity contribution in [3.63, 3.8) is 0 Å². The molecule has 0 saturated heterocycles. The van der Waals surface area contributed by atoms with Crippen molar-refractivity contribution in [3.05, 3.63) is 57.6 Å². The Morgan fingerprint density at radius 2 is 1.29 bits per heavy atom. The van der Waals surface area contributed by atoms with Gasteiger partial charge in [0, 0.05) is 39.6 Å². The fraction of sp³-hybridized carbons (Fsp3) is 0.515. The van der Waals surface area contributed by atoms with Crippen molar-refractivity contribution < 1.29 is 52.5 Å². The molecule has 0 spiro atoms. The number of allylic oxidation sites excluding steroid dienone is 4. The predicted molar refractivity (Wildman–Crippen MR) is 161 cm³/mol. The van der Waals surface area contributed by atoms with Gasteiger partial charge in [-0.15, -0.1) is 0 Å². The lowest BCUT2D eigenvalue weighted by molar-refractivity contribution is -0.222. The van der Waals surface area contributed by atoms with Crippen LogP contribution in [0.3, 0.4) is 0 Å². The Morgan fingerprint density at radius 3 is 1.82 bits per heavy atom. The number of carbonyl (C=O) groups excluding carboxylic acids is 6. The van der Waals surface area contributed by atoms with Crippen molar-refractivity contribution in [3.8, 4) is 0 Å². The molecule has 244 valence electrons. The monoisotopic (exact) mass is 646 g/mol. The normalized spacial score (nSPS) is 26.0. The Labute approximate surface area is 267 Å². The van der Waals surface area contributed by atoms with Crippen LogP contribution in [-0.2, 0) is 58.9 Å². The molecule has 0 amide bonds. The highest BCUT2D eigenvalue weighted by atomic mass is 35.5. The van der Waals surface area contributed by atoms with E-state index in [-0.39, 0.29) is 18.3 Å². The second-order valence-electron chi connectivity index (χ2n) is 11.4. The number of ether oxygens (including phenoxy) is 5. The van der Waals surface area contributed by atoms with E-state index < -0.39 is 66.1 Å². The largest absolute Gasteiger partial charge is 0.465 e. The summed E-state index contributed by atoms with van der Waals surface area (Å²) in [7, 11) is 0. The van der Waals surface area contributed by atoms with Crippen LogP contribution < -0.4 is 0 Å². The molecule has 0 radical (unpaired) electrons. The van der Waals surface area contributed by atoms with Gasteiger partial charge in [0.1, 0.15) is 12.7 Å². The van der Waals surface area contributed by atoms with E-state index >= 15 is 0 Å². The molecule has 0 aromatic heterocycles. The first-order valence-corrected chi connectivity index (χ1v) is 15.0. The third-order valence-corrected chi connectivity index (χ3v) is 8.21. The van der Waals surface area contributed by atoms with Crippen LogP contribution in [0.15, 0.2) is 41.5 Å². The van der Waals surface area contributed by atoms with Crippen LogP contribution in [-0.4, -0.2) is 66.7 Å². The highest BCUT2D eigenvalue weighted by Crippen LogP contribution is 2.45. The minimum atomic E-state index is -1.36. The average Bonchev–Trinajstić information content (AvgIpc) is 2.91. The van der Waals surface area contributed by atoms with Crippen LogP contribution in [0.4, 0.5) is 0 Å². The first kappa shape index (κ1) is 35.5. The first-order valence-electron chi connectivity index (χ1n) is 14.6. The summed E-state index contributed by atoms with van der Waals surface area (Å²) in [5.74, 6) is -5.51. The van der Waals surface area contributed by atoms with Crippen LogP contribution in [0.5, 0.6) is 0 Å². The predicted octanol–water partition coefficient (Wildman–Crippen LogP) is 4.37. The molecule has 11 nitrogen and oxygen atoms in total. The number of hydrogen-bond donors (Lipinski definition) is 0. The number of esters is 5. The molecule has 1 fully saturated rings. The number of rotatable bonds is 10. The third-order valence-electron chi connectivity index (χ3n) is 7.85. The first-order chi connectivity index (χ1) is 21.1. The number of halogens is 1. The topological polar surface area (TPSA) is 149 Å². The minimum absolute atomic E-state index is 0.0141. The summed E-state index contributed by atoms with van der Waals surface area (Å²) in [6.07, 6.45) is -0.416. The van der Waals surface area contributed by atoms with Gasteiger partial charge in [0.25, 0.3) is 0 Å². The Morgan fingerprint density at radius 1 is 0.733 bits per heavy atom. The van der Waals surface area contributed by atoms with Crippen LogP contribution in [0.25, 0.3) is 0 Å². The zero-order chi connectivity index (χ0) is 33.6. The van der Waals surface area contributed by atoms with E-state index in [2.05, 4.69) is 0 Å². The van der Waals surface area contributed by atoms with Gasteiger partial charge in [-0.2, -0.15) is 0 Å². The van der Waals surface area contributed by atoms with Gasteiger partial charge >= 0.3 is 29.8 Å². The van der Waals surface area contributed by atoms with Crippen molar-refractivity contribution in [1.82, 2.24) is 0 Å². The number of carbonyl (C=O) groups is 6. The van der Waals surface area contributed by atoms with Crippen molar-refractivity contribution in [2.24, 2.45) is 11.8 Å². The average molecular weight is 647 g/mol. The SMILES string of the molecule is CC(=O)OC[C@@H]1[C@@H](OC(C)=O)[C@H](OC(C)=O)[C@@H](OC(C)=O)[C@H](c2ccc(Cl)c(CC3=CC=C(C(C)=O)CC3C)c2)[C@H]1OC(C)=O. The molecule has 1 aromatic rings. The Bertz CT molecular complexity index is 1410. The van der Waals surface area contributed by atoms with Crippen LogP contribution >= 0.6 is 11.6 Å². The molecule has 45 heavy (non-hydrogen) atoms. The molecule has 0 N–H and O–H groups in total. The van der Waals surface area contributed by atoms with E-state index in [1.165, 1.54) is 27.7 Å². The van der Waals surface area contributed by atoms with Gasteiger partial charge in [-0.3, -0.25) is 28.8 Å². The zero-order valence-corrected chi connectivity index (χ0v) is 27.2. The molecule has 7 atom stereocenters. The maximum Gasteiger partial charge on any atom is 0.303 e. The number of benzene rings is 1. The molecular weight excluding hydrogens is 608 g/mol. The smallest absolute Gasteiger partial charge is 0.303 e. The van der Waals surface area contributed by atoms with Crippen LogP contribution in [0.2, 0.25) is 5.02 Å². The highest BCUT2D eigenvalue weighted by molar-refractivity contribution is 6.31. The molecule has 2 aliphatic rings. The number of hydrogen-bond acceptors (Lipinski definition) is 11. The van der Waals surface area contributed by atoms with Crippen LogP contribution in [0.1, 0.15) is 71.9 Å². The summed E-state index contributed by atoms with van der Waals surface area (Å²) < 4.78 is 28.1. The number of Topliss-reactive ketones (excluding diaryl/α,β-unsaturated/α-hetero) is 1. The van der Waals surface area contributed by atoms with Gasteiger partial charge in [-0.05, 0) is 48.4 Å². The van der Waals surface area contributed by atoms with Crippen molar-refractivity contribution in [1.29, 1.82) is 0 Å². The van der Waals surface area contributed by atoms with E-state index in [4.69, 9.17) is 35.3 Å². The van der Waals surface area contributed by atoms with E-state index in [1.807, 2.05) is 19.1 Å². The third kappa shape index (κ3) is 9.26. The summed E-state index contributed by atoms with van der Waals surface area (Å²) >= 11 is 6.66. The molecule has 3 rings (SSSR count). The fourth-order valence-corrected chi connectivity index (χ4v) is 6.15. The van der Waals surface area contributed by atoms with E-state index in [0.717, 1.165) is 25.0 Å². The minimum Gasteiger partial charge on any atom is -0.465 e. The van der Waals surface area contributed by atoms with Crippen LogP contribution in [0, 0.1) is 11.8 Å². The Hall–Kier alpha value is -3.99. The Kier molecular flexibility index (Phi) is 12.1. The van der Waals surface area contributed by atoms with E-state index in [0.29, 0.717) is 29.0 Å². The molecular formula is C33H39ClO11. The summed E-state index contributed by atoms with van der Waals surface area (Å²) in [6, 6.07) is 5.13. The molecule has 1 aromatic carbocycles. The van der Waals surface area contributed by atoms with Gasteiger partial charge in [-0.25, -0.2) is 0 Å². The summed E-state index contributed by atoms with van der Waals surface area (Å²) in [5.41, 5.74) is 3.00. The molecule has 12 heteroatoms. The zero-order valence-electron chi connectivity index (χ0n) is 26.4. The fourth-order valence-electron chi connectivity index (χ4n) is 5.97. The summed E-state index contributed by atoms with van der Waals surface area (Å²) in [6.45, 7) is 9.01. The van der Waals surface area contributed by atoms with Gasteiger partial charge in [0.05, 0.1) is 11.8 Å². The quantitative estimate of drug-likeness (QED) is 0.263. The molecule has 0 bridgehead atoms. The Balaban J connectivity index is 2.22. The summed E-state index contributed by atoms with van der Waals surface area (Å²) in [4.78, 5) is 73.4. The van der Waals surface area contributed by atoms with Gasteiger partial charge < -0.3 is 23.7 Å². The van der Waals surface area contributed by atoms with E-state index in [1.54, 1.807) is 18.2 Å².